The van der Waals surface area contributed by atoms with E-state index in [0.29, 0.717) is 42.6 Å². The molecule has 2 rings (SSSR count). The van der Waals surface area contributed by atoms with Crippen molar-refractivity contribution >= 4 is 11.8 Å². The van der Waals surface area contributed by atoms with Crippen LogP contribution in [0.3, 0.4) is 0 Å². The fourth-order valence-electron chi connectivity index (χ4n) is 2.85. The number of hydrogen-bond acceptors (Lipinski definition) is 5. The normalized spacial score (nSPS) is 15.5. The van der Waals surface area contributed by atoms with E-state index in [1.807, 2.05) is 20.8 Å². The van der Waals surface area contributed by atoms with Crippen molar-refractivity contribution in [2.24, 2.45) is 5.92 Å². The van der Waals surface area contributed by atoms with Crippen molar-refractivity contribution in [3.63, 3.8) is 0 Å². The van der Waals surface area contributed by atoms with E-state index < -0.39 is 5.60 Å². The first kappa shape index (κ1) is 18.9. The first-order valence-electron chi connectivity index (χ1n) is 8.69. The zero-order valence-corrected chi connectivity index (χ0v) is 15.2. The van der Waals surface area contributed by atoms with Gasteiger partial charge >= 0.3 is 6.09 Å². The summed E-state index contributed by atoms with van der Waals surface area (Å²) in [5.74, 6) is 1.04. The molecule has 1 aliphatic heterocycles. The molecule has 1 fully saturated rings. The highest BCUT2D eigenvalue weighted by molar-refractivity contribution is 5.68. The lowest BCUT2D eigenvalue weighted by atomic mass is 9.94. The number of nitriles is 1. The number of benzene rings is 1. The highest BCUT2D eigenvalue weighted by Crippen LogP contribution is 2.25. The van der Waals surface area contributed by atoms with E-state index >= 15 is 0 Å². The van der Waals surface area contributed by atoms with Crippen LogP contribution in [0.4, 0.5) is 10.5 Å². The van der Waals surface area contributed by atoms with E-state index in [-0.39, 0.29) is 6.09 Å². The molecule has 0 saturated carbocycles. The third-order valence-electron chi connectivity index (χ3n) is 4.22. The molecule has 0 spiro atoms. The summed E-state index contributed by atoms with van der Waals surface area (Å²) in [7, 11) is 0. The predicted octanol–water partition coefficient (Wildman–Crippen LogP) is 3.56. The molecule has 0 radical (unpaired) electrons. The summed E-state index contributed by atoms with van der Waals surface area (Å²) in [6.45, 7) is 7.58. The number of hydrogen-bond donors (Lipinski definition) is 1. The molecule has 1 aromatic rings. The van der Waals surface area contributed by atoms with Crippen molar-refractivity contribution in [1.29, 1.82) is 5.26 Å². The second-order valence-corrected chi connectivity index (χ2v) is 7.38. The second kappa shape index (κ2) is 8.11. The standard InChI is InChI=1S/C19H27N3O3/c1-19(2,3)25-18(23)22-10-7-14(8-11-22)9-12-24-17-6-4-5-16(21)15(17)13-20/h4-6,14H,7-12,21H2,1-3H3. The van der Waals surface area contributed by atoms with Crippen LogP contribution in [0.15, 0.2) is 18.2 Å². The summed E-state index contributed by atoms with van der Waals surface area (Å²) in [6.07, 6.45) is 2.53. The van der Waals surface area contributed by atoms with Crippen molar-refractivity contribution in [3.05, 3.63) is 23.8 Å². The Morgan fingerprint density at radius 1 is 1.36 bits per heavy atom. The molecule has 0 bridgehead atoms. The van der Waals surface area contributed by atoms with E-state index in [0.717, 1.165) is 19.3 Å². The van der Waals surface area contributed by atoms with Crippen LogP contribution in [0, 0.1) is 17.2 Å². The Labute approximate surface area is 149 Å². The fraction of sp³-hybridized carbons (Fsp3) is 0.579. The average molecular weight is 345 g/mol. The molecule has 0 aliphatic carbocycles. The van der Waals surface area contributed by atoms with Crippen LogP contribution in [-0.2, 0) is 4.74 Å². The van der Waals surface area contributed by atoms with E-state index in [2.05, 4.69) is 6.07 Å². The zero-order chi connectivity index (χ0) is 18.4. The number of nitrogens with zero attached hydrogens (tertiary/aromatic N) is 2. The monoisotopic (exact) mass is 345 g/mol. The third-order valence-corrected chi connectivity index (χ3v) is 4.22. The van der Waals surface area contributed by atoms with Crippen molar-refractivity contribution in [2.45, 2.75) is 45.6 Å². The number of rotatable bonds is 4. The molecule has 6 heteroatoms. The van der Waals surface area contributed by atoms with Crippen molar-refractivity contribution < 1.29 is 14.3 Å². The molecule has 136 valence electrons. The van der Waals surface area contributed by atoms with E-state index in [9.17, 15) is 4.79 Å². The van der Waals surface area contributed by atoms with Gasteiger partial charge in [-0.3, -0.25) is 0 Å². The van der Waals surface area contributed by atoms with Crippen LogP contribution in [-0.4, -0.2) is 36.3 Å². The lowest BCUT2D eigenvalue weighted by molar-refractivity contribution is 0.0177. The minimum Gasteiger partial charge on any atom is -0.492 e. The van der Waals surface area contributed by atoms with E-state index in [1.165, 1.54) is 0 Å². The van der Waals surface area contributed by atoms with Gasteiger partial charge in [0.1, 0.15) is 23.0 Å². The predicted molar refractivity (Wildman–Crippen MR) is 96.2 cm³/mol. The minimum atomic E-state index is -0.461. The summed E-state index contributed by atoms with van der Waals surface area (Å²) in [6, 6.07) is 7.32. The molecule has 1 saturated heterocycles. The maximum Gasteiger partial charge on any atom is 0.410 e. The molecule has 1 amide bonds. The van der Waals surface area contributed by atoms with Gasteiger partial charge in [-0.05, 0) is 58.1 Å². The number of nitrogen functional groups attached to an aromatic ring is 1. The second-order valence-electron chi connectivity index (χ2n) is 7.38. The maximum atomic E-state index is 12.1. The Hall–Kier alpha value is -2.42. The first-order chi connectivity index (χ1) is 11.8. The number of ether oxygens (including phenoxy) is 2. The van der Waals surface area contributed by atoms with Crippen LogP contribution in [0.25, 0.3) is 0 Å². The van der Waals surface area contributed by atoms with Gasteiger partial charge in [-0.1, -0.05) is 6.07 Å². The summed E-state index contributed by atoms with van der Waals surface area (Å²) in [5.41, 5.74) is 6.15. The van der Waals surface area contributed by atoms with Gasteiger partial charge in [0, 0.05) is 13.1 Å². The van der Waals surface area contributed by atoms with Gasteiger partial charge in [0.2, 0.25) is 0 Å². The SMILES string of the molecule is CC(C)(C)OC(=O)N1CCC(CCOc2cccc(N)c2C#N)CC1. The summed E-state index contributed by atoms with van der Waals surface area (Å²) in [5, 5.41) is 9.15. The van der Waals surface area contributed by atoms with Crippen LogP contribution in [0.1, 0.15) is 45.6 Å². The largest absolute Gasteiger partial charge is 0.492 e. The van der Waals surface area contributed by atoms with Crippen LogP contribution >= 0.6 is 0 Å². The van der Waals surface area contributed by atoms with E-state index in [1.54, 1.807) is 23.1 Å². The minimum absolute atomic E-state index is 0.236. The lowest BCUT2D eigenvalue weighted by Gasteiger charge is -2.33. The van der Waals surface area contributed by atoms with Gasteiger partial charge in [0.15, 0.2) is 0 Å². The highest BCUT2D eigenvalue weighted by atomic mass is 16.6. The van der Waals surface area contributed by atoms with Gasteiger partial charge in [-0.15, -0.1) is 0 Å². The number of anilines is 1. The van der Waals surface area contributed by atoms with Gasteiger partial charge in [0.25, 0.3) is 0 Å². The molecular formula is C19H27N3O3. The topological polar surface area (TPSA) is 88.6 Å². The lowest BCUT2D eigenvalue weighted by Crippen LogP contribution is -2.41. The Morgan fingerprint density at radius 3 is 2.64 bits per heavy atom. The van der Waals surface area contributed by atoms with Crippen molar-refractivity contribution in [1.82, 2.24) is 4.90 Å². The van der Waals surface area contributed by atoms with Gasteiger partial charge in [0.05, 0.1) is 12.3 Å². The Morgan fingerprint density at radius 2 is 2.04 bits per heavy atom. The van der Waals surface area contributed by atoms with Crippen molar-refractivity contribution in [2.75, 3.05) is 25.4 Å². The van der Waals surface area contributed by atoms with Crippen LogP contribution in [0.2, 0.25) is 0 Å². The molecular weight excluding hydrogens is 318 g/mol. The number of amides is 1. The summed E-state index contributed by atoms with van der Waals surface area (Å²) < 4.78 is 11.2. The number of piperidine rings is 1. The first-order valence-corrected chi connectivity index (χ1v) is 8.69. The Bertz CT molecular complexity index is 638. The number of carbonyl (C=O) groups is 1. The Kier molecular flexibility index (Phi) is 6.13. The van der Waals surface area contributed by atoms with Crippen LogP contribution < -0.4 is 10.5 Å². The molecule has 6 nitrogen and oxygen atoms in total. The smallest absolute Gasteiger partial charge is 0.410 e. The summed E-state index contributed by atoms with van der Waals surface area (Å²) >= 11 is 0. The Balaban J connectivity index is 1.75. The highest BCUT2D eigenvalue weighted by Gasteiger charge is 2.26. The summed E-state index contributed by atoms with van der Waals surface area (Å²) in [4.78, 5) is 13.8. The number of nitrogens with two attached hydrogens (primary N) is 1. The third kappa shape index (κ3) is 5.56. The maximum absolute atomic E-state index is 12.1. The van der Waals surface area contributed by atoms with Gasteiger partial charge in [-0.25, -0.2) is 4.79 Å². The number of carbonyl (C=O) groups excluding carboxylic acids is 1. The molecule has 25 heavy (non-hydrogen) atoms. The molecule has 1 aromatic carbocycles. The van der Waals surface area contributed by atoms with Gasteiger partial charge in [-0.2, -0.15) is 5.26 Å². The van der Waals surface area contributed by atoms with Crippen molar-refractivity contribution in [3.8, 4) is 11.8 Å². The van der Waals surface area contributed by atoms with Gasteiger partial charge < -0.3 is 20.1 Å². The molecule has 0 atom stereocenters. The zero-order valence-electron chi connectivity index (χ0n) is 15.2. The number of likely N-dealkylation sites (tertiary alicyclic amines) is 1. The average Bonchev–Trinajstić information content (AvgIpc) is 2.54. The molecule has 1 aliphatic rings. The fourth-order valence-corrected chi connectivity index (χ4v) is 2.85. The molecule has 1 heterocycles. The molecule has 2 N–H and O–H groups in total. The quantitative estimate of drug-likeness (QED) is 0.843. The van der Waals surface area contributed by atoms with E-state index in [4.69, 9.17) is 20.5 Å². The van der Waals surface area contributed by atoms with Crippen LogP contribution in [0.5, 0.6) is 5.75 Å². The molecule has 0 unspecified atom stereocenters. The molecule has 0 aromatic heterocycles.